The molecule has 1 N–H and O–H groups in total. The number of piperidine rings is 2. The molecular formula is C26H28F6N4O3. The second-order valence-corrected chi connectivity index (χ2v) is 10.5. The number of hydrogen-bond acceptors (Lipinski definition) is 6. The van der Waals surface area contributed by atoms with E-state index in [1.807, 2.05) is 0 Å². The van der Waals surface area contributed by atoms with E-state index in [0.717, 1.165) is 25.3 Å². The number of hydrogen-bond donors (Lipinski definition) is 1. The Hall–Kier alpha value is -2.96. The maximum absolute atomic E-state index is 13.9. The minimum Gasteiger partial charge on any atom is -0.384 e. The molecule has 0 saturated carbocycles. The number of pyridine rings is 1. The normalized spacial score (nSPS) is 25.2. The molecule has 0 radical (unpaired) electrons. The molecule has 0 bridgehead atoms. The third kappa shape index (κ3) is 5.29. The second kappa shape index (κ2) is 10.2. The molecule has 1 amide bonds. The van der Waals surface area contributed by atoms with Crippen LogP contribution in [0.1, 0.15) is 54.4 Å². The van der Waals surface area contributed by atoms with Crippen LogP contribution in [0.5, 0.6) is 0 Å². The largest absolute Gasteiger partial charge is 0.418 e. The fourth-order valence-electron chi connectivity index (χ4n) is 6.08. The number of aliphatic imine (C=N–C) groups is 1. The molecule has 1 aromatic heterocycles. The second-order valence-electron chi connectivity index (χ2n) is 10.5. The van der Waals surface area contributed by atoms with E-state index in [9.17, 15) is 41.0 Å². The molecule has 4 heterocycles. The molecule has 3 aliphatic heterocycles. The number of carbonyl (C=O) groups is 2. The molecule has 2 atom stereocenters. The van der Waals surface area contributed by atoms with Gasteiger partial charge in [0.1, 0.15) is 17.8 Å². The van der Waals surface area contributed by atoms with Gasteiger partial charge in [-0.1, -0.05) is 0 Å². The van der Waals surface area contributed by atoms with Crippen LogP contribution in [0.25, 0.3) is 0 Å². The Morgan fingerprint density at radius 1 is 1.00 bits per heavy atom. The average molecular weight is 559 g/mol. The van der Waals surface area contributed by atoms with E-state index in [4.69, 9.17) is 0 Å². The minimum absolute atomic E-state index is 0.0155. The number of likely N-dealkylation sites (tertiary alicyclic amines) is 1. The van der Waals surface area contributed by atoms with Crippen LogP contribution >= 0.6 is 0 Å². The summed E-state index contributed by atoms with van der Waals surface area (Å²) in [6.07, 6.45) is -8.28. The van der Waals surface area contributed by atoms with E-state index in [-0.39, 0.29) is 54.6 Å². The predicted octanol–water partition coefficient (Wildman–Crippen LogP) is 4.21. The molecule has 1 aromatic rings. The first-order valence-electron chi connectivity index (χ1n) is 13.0. The molecule has 0 unspecified atom stereocenters. The molecule has 13 heteroatoms. The van der Waals surface area contributed by atoms with Gasteiger partial charge >= 0.3 is 12.4 Å². The summed E-state index contributed by atoms with van der Waals surface area (Å²) in [5, 5.41) is 10.1. The lowest BCUT2D eigenvalue weighted by Gasteiger charge is -2.36. The third-order valence-corrected chi connectivity index (χ3v) is 8.07. The van der Waals surface area contributed by atoms with E-state index >= 15 is 0 Å². The fourth-order valence-corrected chi connectivity index (χ4v) is 6.08. The number of alkyl halides is 6. The summed E-state index contributed by atoms with van der Waals surface area (Å²) < 4.78 is 82.7. The van der Waals surface area contributed by atoms with Crippen LogP contribution < -0.4 is 4.90 Å². The topological polar surface area (TPSA) is 86.1 Å². The molecule has 7 nitrogen and oxygen atoms in total. The number of nitrogens with zero attached hydrogens (tertiary/aromatic N) is 4. The number of amides is 1. The molecule has 2 fully saturated rings. The minimum atomic E-state index is -4.82. The van der Waals surface area contributed by atoms with E-state index < -0.39 is 47.2 Å². The van der Waals surface area contributed by atoms with Crippen molar-refractivity contribution in [3.63, 3.8) is 0 Å². The predicted molar refractivity (Wildman–Crippen MR) is 128 cm³/mol. The quantitative estimate of drug-likeness (QED) is 0.562. The Morgan fingerprint density at radius 3 is 2.28 bits per heavy atom. The van der Waals surface area contributed by atoms with Gasteiger partial charge in [0.05, 0.1) is 17.7 Å². The Balaban J connectivity index is 1.35. The number of halogens is 6. The van der Waals surface area contributed by atoms with Crippen molar-refractivity contribution in [2.45, 2.75) is 57.0 Å². The molecular weight excluding hydrogens is 530 g/mol. The summed E-state index contributed by atoms with van der Waals surface area (Å²) in [5.41, 5.74) is -1.11. The van der Waals surface area contributed by atoms with Gasteiger partial charge in [0.2, 0.25) is 0 Å². The first-order valence-corrected chi connectivity index (χ1v) is 13.0. The highest BCUT2D eigenvalue weighted by Crippen LogP contribution is 2.45. The maximum Gasteiger partial charge on any atom is 0.418 e. The fraction of sp³-hybridized carbons (Fsp3) is 0.615. The number of anilines is 1. The first-order chi connectivity index (χ1) is 18.4. The molecule has 2 saturated heterocycles. The van der Waals surface area contributed by atoms with Crippen LogP contribution in [-0.4, -0.2) is 77.4 Å². The SMILES string of the molecule is O=C1CC2=C(C(C3CCN(c4cc(C(=O)N5CCCCC5)c(C(F)(F)F)cn4)CC3)=NC2)[C@H](C(F)(F)F)[C@@H]1O. The Kier molecular flexibility index (Phi) is 7.23. The van der Waals surface area contributed by atoms with Crippen molar-refractivity contribution < 1.29 is 41.0 Å². The van der Waals surface area contributed by atoms with Gasteiger partial charge in [0.25, 0.3) is 5.91 Å². The summed E-state index contributed by atoms with van der Waals surface area (Å²) in [5.74, 6) is -4.05. The smallest absolute Gasteiger partial charge is 0.384 e. The monoisotopic (exact) mass is 558 g/mol. The number of aliphatic hydroxyl groups excluding tert-OH is 1. The highest BCUT2D eigenvalue weighted by Gasteiger charge is 2.54. The number of ketones is 1. The number of Topliss-reactive ketones (excluding diaryl/α,β-unsaturated/α-hetero) is 1. The summed E-state index contributed by atoms with van der Waals surface area (Å²) in [7, 11) is 0. The van der Waals surface area contributed by atoms with Gasteiger partial charge < -0.3 is 14.9 Å². The lowest BCUT2D eigenvalue weighted by atomic mass is 9.74. The molecule has 39 heavy (non-hydrogen) atoms. The van der Waals surface area contributed by atoms with Crippen LogP contribution in [0.3, 0.4) is 0 Å². The molecule has 5 rings (SSSR count). The zero-order chi connectivity index (χ0) is 28.1. The van der Waals surface area contributed by atoms with E-state index in [1.165, 1.54) is 4.90 Å². The molecule has 4 aliphatic rings. The highest BCUT2D eigenvalue weighted by molar-refractivity contribution is 6.08. The van der Waals surface area contributed by atoms with Gasteiger partial charge in [0.15, 0.2) is 5.78 Å². The average Bonchev–Trinajstić information content (AvgIpc) is 3.30. The summed E-state index contributed by atoms with van der Waals surface area (Å²) in [6, 6.07) is 1.16. The van der Waals surface area contributed by atoms with Gasteiger partial charge in [-0.05, 0) is 49.3 Å². The van der Waals surface area contributed by atoms with Crippen molar-refractivity contribution in [2.75, 3.05) is 37.6 Å². The Morgan fingerprint density at radius 2 is 1.67 bits per heavy atom. The zero-order valence-electron chi connectivity index (χ0n) is 21.0. The summed E-state index contributed by atoms with van der Waals surface area (Å²) in [6.45, 7) is 1.31. The van der Waals surface area contributed by atoms with Crippen LogP contribution in [-0.2, 0) is 11.0 Å². The van der Waals surface area contributed by atoms with E-state index in [0.29, 0.717) is 32.1 Å². The van der Waals surface area contributed by atoms with Crippen LogP contribution in [0, 0.1) is 11.8 Å². The van der Waals surface area contributed by atoms with Crippen molar-refractivity contribution in [2.24, 2.45) is 16.8 Å². The highest BCUT2D eigenvalue weighted by atomic mass is 19.4. The van der Waals surface area contributed by atoms with E-state index in [1.54, 1.807) is 4.90 Å². The van der Waals surface area contributed by atoms with Gasteiger partial charge in [-0.3, -0.25) is 14.6 Å². The van der Waals surface area contributed by atoms with Crippen molar-refractivity contribution >= 4 is 23.2 Å². The van der Waals surface area contributed by atoms with Gasteiger partial charge in [-0.15, -0.1) is 0 Å². The van der Waals surface area contributed by atoms with Gasteiger partial charge in [0, 0.05) is 50.4 Å². The summed E-state index contributed by atoms with van der Waals surface area (Å²) >= 11 is 0. The number of aromatic nitrogens is 1. The van der Waals surface area contributed by atoms with E-state index in [2.05, 4.69) is 9.98 Å². The Labute approximate surface area is 220 Å². The maximum atomic E-state index is 13.9. The van der Waals surface area contributed by atoms with Crippen molar-refractivity contribution in [1.82, 2.24) is 9.88 Å². The van der Waals surface area contributed by atoms with Crippen molar-refractivity contribution in [3.05, 3.63) is 34.5 Å². The number of carbonyl (C=O) groups excluding carboxylic acids is 2. The van der Waals surface area contributed by atoms with Gasteiger partial charge in [-0.25, -0.2) is 4.98 Å². The lowest BCUT2D eigenvalue weighted by Crippen LogP contribution is -2.46. The molecule has 0 spiro atoms. The third-order valence-electron chi connectivity index (χ3n) is 8.07. The number of rotatable bonds is 3. The molecule has 1 aliphatic carbocycles. The van der Waals surface area contributed by atoms with Crippen LogP contribution in [0.4, 0.5) is 32.2 Å². The lowest BCUT2D eigenvalue weighted by molar-refractivity contribution is -0.190. The molecule has 212 valence electrons. The molecule has 0 aromatic carbocycles. The van der Waals surface area contributed by atoms with Crippen molar-refractivity contribution in [1.29, 1.82) is 0 Å². The first kappa shape index (κ1) is 27.6. The van der Waals surface area contributed by atoms with Crippen molar-refractivity contribution in [3.8, 4) is 0 Å². The van der Waals surface area contributed by atoms with Gasteiger partial charge in [-0.2, -0.15) is 26.3 Å². The Bertz CT molecular complexity index is 1210. The zero-order valence-corrected chi connectivity index (χ0v) is 21.0. The summed E-state index contributed by atoms with van der Waals surface area (Å²) in [4.78, 5) is 36.5. The number of aliphatic hydroxyl groups is 1. The van der Waals surface area contributed by atoms with Crippen LogP contribution in [0.15, 0.2) is 28.4 Å². The standard InChI is InChI=1S/C26H28F6N4O3/c27-25(28,29)17-13-33-19(11-16(17)24(39)36-6-2-1-3-7-36)35-8-4-14(5-9-35)22-20-15(12-34-22)10-18(37)23(38)21(20)26(30,31)32/h11,13-14,21,23,38H,1-10,12H2/t21-,23+/m0/s1. The van der Waals surface area contributed by atoms with Crippen LogP contribution in [0.2, 0.25) is 0 Å².